The first-order chi connectivity index (χ1) is 12.1. The normalized spacial score (nSPS) is 14.2. The molecule has 25 heavy (non-hydrogen) atoms. The van der Waals surface area contributed by atoms with Crippen LogP contribution in [0.1, 0.15) is 41.0 Å². The summed E-state index contributed by atoms with van der Waals surface area (Å²) in [5, 5.41) is 26.2. The highest BCUT2D eigenvalue weighted by atomic mass is 35.5. The summed E-state index contributed by atoms with van der Waals surface area (Å²) in [4.78, 5) is 12.6. The highest BCUT2D eigenvalue weighted by Crippen LogP contribution is 2.27. The Kier molecular flexibility index (Phi) is 5.73. The average Bonchev–Trinajstić information content (AvgIpc) is 2.82. The number of hydrogen-bond acceptors (Lipinski definition) is 4. The third-order valence-electron chi connectivity index (χ3n) is 4.49. The molecule has 3 N–H and O–H groups in total. The summed E-state index contributed by atoms with van der Waals surface area (Å²) < 4.78 is 1.82. The number of benzene rings is 1. The molecular weight excluding hydrogens is 342 g/mol. The van der Waals surface area contributed by atoms with Crippen LogP contribution in [0.3, 0.4) is 0 Å². The lowest BCUT2D eigenvalue weighted by Crippen LogP contribution is -2.40. The Bertz CT molecular complexity index is 739. The van der Waals surface area contributed by atoms with E-state index in [2.05, 4.69) is 10.4 Å². The van der Waals surface area contributed by atoms with Gasteiger partial charge in [0.2, 0.25) is 0 Å². The molecule has 0 bridgehead atoms. The van der Waals surface area contributed by atoms with Gasteiger partial charge in [-0.1, -0.05) is 18.0 Å². The topological polar surface area (TPSA) is 87.4 Å². The number of rotatable bonds is 5. The summed E-state index contributed by atoms with van der Waals surface area (Å²) in [5.74, 6) is -0.362. The van der Waals surface area contributed by atoms with E-state index in [0.29, 0.717) is 10.7 Å². The van der Waals surface area contributed by atoms with Crippen molar-refractivity contribution < 1.29 is 15.0 Å². The first-order valence-corrected chi connectivity index (χ1v) is 8.91. The van der Waals surface area contributed by atoms with Crippen LogP contribution >= 0.6 is 11.6 Å². The summed E-state index contributed by atoms with van der Waals surface area (Å²) in [6.07, 6.45) is 4.86. The Morgan fingerprint density at radius 3 is 2.52 bits per heavy atom. The molecule has 1 heterocycles. The van der Waals surface area contributed by atoms with E-state index in [1.54, 1.807) is 12.1 Å². The molecule has 1 amide bonds. The summed E-state index contributed by atoms with van der Waals surface area (Å²) in [5.41, 5.74) is 3.25. The molecule has 2 aromatic rings. The molecule has 1 aromatic heterocycles. The predicted octanol–water partition coefficient (Wildman–Crippen LogP) is 1.88. The molecule has 6 nitrogen and oxygen atoms in total. The van der Waals surface area contributed by atoms with Crippen LogP contribution in [0, 0.1) is 0 Å². The van der Waals surface area contributed by atoms with Gasteiger partial charge in [-0.05, 0) is 49.9 Å². The van der Waals surface area contributed by atoms with Crippen molar-refractivity contribution in [1.29, 1.82) is 0 Å². The third-order valence-corrected chi connectivity index (χ3v) is 4.74. The fourth-order valence-corrected chi connectivity index (χ4v) is 3.28. The lowest BCUT2D eigenvalue weighted by atomic mass is 10.1. The fraction of sp³-hybridized carbons (Fsp3) is 0.444. The zero-order valence-electron chi connectivity index (χ0n) is 13.9. The molecule has 0 atom stereocenters. The van der Waals surface area contributed by atoms with Crippen molar-refractivity contribution in [3.63, 3.8) is 0 Å². The van der Waals surface area contributed by atoms with Crippen LogP contribution in [0.5, 0.6) is 0 Å². The van der Waals surface area contributed by atoms with E-state index in [9.17, 15) is 15.0 Å². The Labute approximate surface area is 151 Å². The molecule has 1 aliphatic rings. The minimum atomic E-state index is -0.686. The second-order valence-corrected chi connectivity index (χ2v) is 6.69. The number of carbonyl (C=O) groups is 1. The van der Waals surface area contributed by atoms with Gasteiger partial charge in [0.05, 0.1) is 24.9 Å². The first kappa shape index (κ1) is 17.9. The zero-order chi connectivity index (χ0) is 17.8. The quantitative estimate of drug-likeness (QED) is 0.708. The van der Waals surface area contributed by atoms with Crippen molar-refractivity contribution in [1.82, 2.24) is 15.1 Å². The highest BCUT2D eigenvalue weighted by Gasteiger charge is 2.25. The second kappa shape index (κ2) is 7.99. The highest BCUT2D eigenvalue weighted by molar-refractivity contribution is 6.30. The van der Waals surface area contributed by atoms with Crippen molar-refractivity contribution in [3.05, 3.63) is 46.2 Å². The third kappa shape index (κ3) is 3.86. The molecule has 0 unspecified atom stereocenters. The van der Waals surface area contributed by atoms with Crippen LogP contribution in [0.4, 0.5) is 0 Å². The standard InChI is InChI=1S/C18H22ClN3O3/c19-12-6-8-14(9-7-12)22-16-5-3-1-2-4-15(16)17(21-22)18(25)20-13(10-23)11-24/h6-9,13,23-24H,1-5,10-11H2,(H,20,25). The number of amides is 1. The molecule has 0 spiro atoms. The van der Waals surface area contributed by atoms with E-state index in [4.69, 9.17) is 11.6 Å². The number of nitrogens with zero attached hydrogens (tertiary/aromatic N) is 2. The Balaban J connectivity index is 2.01. The summed E-state index contributed by atoms with van der Waals surface area (Å²) in [7, 11) is 0. The van der Waals surface area contributed by atoms with Crippen molar-refractivity contribution in [2.24, 2.45) is 0 Å². The largest absolute Gasteiger partial charge is 0.394 e. The second-order valence-electron chi connectivity index (χ2n) is 6.26. The van der Waals surface area contributed by atoms with Crippen molar-refractivity contribution >= 4 is 17.5 Å². The van der Waals surface area contributed by atoms with Crippen LogP contribution < -0.4 is 5.32 Å². The van der Waals surface area contributed by atoms with E-state index in [1.807, 2.05) is 16.8 Å². The van der Waals surface area contributed by atoms with Gasteiger partial charge in [-0.25, -0.2) is 4.68 Å². The molecule has 0 saturated carbocycles. The maximum absolute atomic E-state index is 12.6. The number of hydrogen-bond donors (Lipinski definition) is 3. The van der Waals surface area contributed by atoms with Crippen LogP contribution in [0.15, 0.2) is 24.3 Å². The van der Waals surface area contributed by atoms with Crippen LogP contribution in [-0.4, -0.2) is 45.2 Å². The molecule has 0 radical (unpaired) electrons. The van der Waals surface area contributed by atoms with Gasteiger partial charge in [0.15, 0.2) is 5.69 Å². The predicted molar refractivity (Wildman–Crippen MR) is 95.3 cm³/mol. The summed E-state index contributed by atoms with van der Waals surface area (Å²) in [6, 6.07) is 6.68. The van der Waals surface area contributed by atoms with E-state index < -0.39 is 6.04 Å². The van der Waals surface area contributed by atoms with Crippen LogP contribution in [0.25, 0.3) is 5.69 Å². The molecule has 0 fully saturated rings. The molecule has 0 saturated heterocycles. The van der Waals surface area contributed by atoms with E-state index in [-0.39, 0.29) is 19.1 Å². The summed E-state index contributed by atoms with van der Waals surface area (Å²) >= 11 is 5.97. The monoisotopic (exact) mass is 363 g/mol. The van der Waals surface area contributed by atoms with Gasteiger partial charge in [0.1, 0.15) is 0 Å². The van der Waals surface area contributed by atoms with Crippen molar-refractivity contribution in [2.75, 3.05) is 13.2 Å². The van der Waals surface area contributed by atoms with Gasteiger partial charge in [-0.3, -0.25) is 4.79 Å². The Morgan fingerprint density at radius 1 is 1.16 bits per heavy atom. The number of carbonyl (C=O) groups excluding carboxylic acids is 1. The van der Waals surface area contributed by atoms with Gasteiger partial charge in [0.25, 0.3) is 5.91 Å². The fourth-order valence-electron chi connectivity index (χ4n) is 3.16. The Hall–Kier alpha value is -1.89. The van der Waals surface area contributed by atoms with Gasteiger partial charge >= 0.3 is 0 Å². The molecule has 134 valence electrons. The van der Waals surface area contributed by atoms with E-state index in [1.165, 1.54) is 0 Å². The lowest BCUT2D eigenvalue weighted by Gasteiger charge is -2.12. The van der Waals surface area contributed by atoms with Gasteiger partial charge in [-0.15, -0.1) is 0 Å². The smallest absolute Gasteiger partial charge is 0.272 e. The van der Waals surface area contributed by atoms with E-state index in [0.717, 1.165) is 49.0 Å². The van der Waals surface area contributed by atoms with Gasteiger partial charge in [0, 0.05) is 16.3 Å². The minimum absolute atomic E-state index is 0.317. The SMILES string of the molecule is O=C(NC(CO)CO)c1nn(-c2ccc(Cl)cc2)c2c1CCCCC2. The molecule has 1 aliphatic carbocycles. The van der Waals surface area contributed by atoms with Crippen molar-refractivity contribution in [3.8, 4) is 5.69 Å². The first-order valence-electron chi connectivity index (χ1n) is 8.53. The number of halogens is 1. The zero-order valence-corrected chi connectivity index (χ0v) is 14.7. The molecule has 3 rings (SSSR count). The van der Waals surface area contributed by atoms with E-state index >= 15 is 0 Å². The molecular formula is C18H22ClN3O3. The van der Waals surface area contributed by atoms with Gasteiger partial charge < -0.3 is 15.5 Å². The maximum atomic E-state index is 12.6. The maximum Gasteiger partial charge on any atom is 0.272 e. The van der Waals surface area contributed by atoms with Crippen molar-refractivity contribution in [2.45, 2.75) is 38.1 Å². The molecule has 0 aliphatic heterocycles. The number of aliphatic hydroxyl groups is 2. The van der Waals surface area contributed by atoms with Crippen LogP contribution in [-0.2, 0) is 12.8 Å². The Morgan fingerprint density at radius 2 is 1.84 bits per heavy atom. The lowest BCUT2D eigenvalue weighted by molar-refractivity contribution is 0.0873. The minimum Gasteiger partial charge on any atom is -0.394 e. The number of aliphatic hydroxyl groups excluding tert-OH is 2. The number of aromatic nitrogens is 2. The number of nitrogens with one attached hydrogen (secondary N) is 1. The van der Waals surface area contributed by atoms with Crippen LogP contribution in [0.2, 0.25) is 5.02 Å². The molecule has 1 aromatic carbocycles. The van der Waals surface area contributed by atoms with Gasteiger partial charge in [-0.2, -0.15) is 5.10 Å². The molecule has 7 heteroatoms. The summed E-state index contributed by atoms with van der Waals surface area (Å²) in [6.45, 7) is -0.634. The average molecular weight is 364 g/mol. The number of fused-ring (bicyclic) bond motifs is 1.